The van der Waals surface area contributed by atoms with E-state index in [1.54, 1.807) is 22.6 Å². The number of benzene rings is 2. The van der Waals surface area contributed by atoms with Crippen molar-refractivity contribution in [2.24, 2.45) is 0 Å². The summed E-state index contributed by atoms with van der Waals surface area (Å²) in [6.45, 7) is 0. The zero-order chi connectivity index (χ0) is 19.8. The van der Waals surface area contributed by atoms with Gasteiger partial charge in [-0.25, -0.2) is 4.98 Å². The molecule has 2 aromatic carbocycles. The first-order valence-corrected chi connectivity index (χ1v) is 8.65. The number of rotatable bonds is 2. The third-order valence-electron chi connectivity index (χ3n) is 3.91. The maximum Gasteiger partial charge on any atom is 0.417 e. The minimum absolute atomic E-state index is 0.0929. The summed E-state index contributed by atoms with van der Waals surface area (Å²) in [7, 11) is 0. The molecule has 0 N–H and O–H groups in total. The van der Waals surface area contributed by atoms with E-state index in [2.05, 4.69) is 4.98 Å². The first-order chi connectivity index (χ1) is 12.6. The Bertz CT molecular complexity index is 978. The third-order valence-corrected chi connectivity index (χ3v) is 4.76. The average molecular weight is 493 g/mol. The van der Waals surface area contributed by atoms with Gasteiger partial charge >= 0.3 is 12.4 Å². The largest absolute Gasteiger partial charge is 0.417 e. The summed E-state index contributed by atoms with van der Waals surface area (Å²) < 4.78 is 80.1. The highest BCUT2D eigenvalue weighted by molar-refractivity contribution is 14.1. The number of halogens is 7. The van der Waals surface area contributed by atoms with E-state index >= 15 is 0 Å². The van der Waals surface area contributed by atoms with E-state index < -0.39 is 23.5 Å². The van der Waals surface area contributed by atoms with Crippen LogP contribution in [0.2, 0.25) is 0 Å². The van der Waals surface area contributed by atoms with Gasteiger partial charge in [-0.05, 0) is 51.9 Å². The van der Waals surface area contributed by atoms with Crippen molar-refractivity contribution >= 4 is 22.6 Å². The summed E-state index contributed by atoms with van der Waals surface area (Å²) in [4.78, 5) is 4.03. The lowest BCUT2D eigenvalue weighted by atomic mass is 9.96. The summed E-state index contributed by atoms with van der Waals surface area (Å²) in [5, 5.41) is 0. The molecule has 3 rings (SSSR count). The number of hydrogen-bond acceptors (Lipinski definition) is 1. The van der Waals surface area contributed by atoms with Gasteiger partial charge in [-0.3, -0.25) is 0 Å². The van der Waals surface area contributed by atoms with Crippen molar-refractivity contribution in [1.82, 2.24) is 4.98 Å². The Kier molecular flexibility index (Phi) is 5.20. The molecule has 0 saturated heterocycles. The molecule has 0 aliphatic carbocycles. The highest BCUT2D eigenvalue weighted by atomic mass is 127. The van der Waals surface area contributed by atoms with Gasteiger partial charge in [0.15, 0.2) is 0 Å². The summed E-state index contributed by atoms with van der Waals surface area (Å²) in [5.41, 5.74) is -1.80. The number of aromatic nitrogens is 1. The van der Waals surface area contributed by atoms with Crippen LogP contribution in [0.3, 0.4) is 0 Å². The molecule has 0 unspecified atom stereocenters. The van der Waals surface area contributed by atoms with Crippen LogP contribution in [0.15, 0.2) is 60.8 Å². The van der Waals surface area contributed by atoms with Crippen LogP contribution < -0.4 is 0 Å². The molecule has 0 bridgehead atoms. The molecule has 140 valence electrons. The third kappa shape index (κ3) is 4.10. The number of hydrogen-bond donors (Lipinski definition) is 0. The van der Waals surface area contributed by atoms with Crippen LogP contribution in [0, 0.1) is 3.70 Å². The van der Waals surface area contributed by atoms with Crippen LogP contribution in [-0.4, -0.2) is 4.98 Å². The fraction of sp³-hybridized carbons (Fsp3) is 0.105. The van der Waals surface area contributed by atoms with E-state index in [9.17, 15) is 26.3 Å². The topological polar surface area (TPSA) is 12.9 Å². The quantitative estimate of drug-likeness (QED) is 0.212. The van der Waals surface area contributed by atoms with Gasteiger partial charge in [-0.15, -0.1) is 0 Å². The summed E-state index contributed by atoms with van der Waals surface area (Å²) in [6.07, 6.45) is -7.96. The van der Waals surface area contributed by atoms with E-state index in [0.717, 1.165) is 12.1 Å². The van der Waals surface area contributed by atoms with Crippen LogP contribution in [-0.2, 0) is 12.4 Å². The molecule has 0 atom stereocenters. The average Bonchev–Trinajstić information content (AvgIpc) is 2.61. The van der Waals surface area contributed by atoms with Crippen molar-refractivity contribution in [1.29, 1.82) is 0 Å². The molecule has 3 aromatic rings. The maximum absolute atomic E-state index is 13.3. The molecule has 8 heteroatoms. The van der Waals surface area contributed by atoms with Crippen LogP contribution in [0.4, 0.5) is 26.3 Å². The molecule has 0 fully saturated rings. The van der Waals surface area contributed by atoms with E-state index in [1.807, 2.05) is 0 Å². The lowest BCUT2D eigenvalue weighted by molar-refractivity contribution is -0.137. The summed E-state index contributed by atoms with van der Waals surface area (Å²) in [6, 6.07) is 11.1. The first kappa shape index (κ1) is 19.7. The van der Waals surface area contributed by atoms with Gasteiger partial charge in [0.25, 0.3) is 0 Å². The highest BCUT2D eigenvalue weighted by Crippen LogP contribution is 2.41. The first-order valence-electron chi connectivity index (χ1n) is 7.58. The van der Waals surface area contributed by atoms with Gasteiger partial charge < -0.3 is 0 Å². The van der Waals surface area contributed by atoms with E-state index in [4.69, 9.17) is 0 Å². The van der Waals surface area contributed by atoms with Gasteiger partial charge in [0, 0.05) is 17.3 Å². The van der Waals surface area contributed by atoms with Crippen molar-refractivity contribution in [3.63, 3.8) is 0 Å². The molecule has 1 heterocycles. The molecule has 0 aliphatic rings. The second-order valence-corrected chi connectivity index (χ2v) is 6.67. The molecule has 27 heavy (non-hydrogen) atoms. The van der Waals surface area contributed by atoms with Crippen LogP contribution in [0.25, 0.3) is 22.3 Å². The fourth-order valence-corrected chi connectivity index (χ4v) is 3.32. The second-order valence-electron chi connectivity index (χ2n) is 5.65. The molecular formula is C19H10F6IN. The Labute approximate surface area is 164 Å². The van der Waals surface area contributed by atoms with Gasteiger partial charge in [-0.2, -0.15) is 26.3 Å². The molecule has 1 aromatic heterocycles. The Morgan fingerprint density at radius 3 is 1.70 bits per heavy atom. The molecule has 0 radical (unpaired) electrons. The minimum Gasteiger partial charge on any atom is -0.249 e. The number of nitrogens with zero attached hydrogens (tertiary/aromatic N) is 1. The number of pyridine rings is 1. The maximum atomic E-state index is 13.3. The van der Waals surface area contributed by atoms with Crippen LogP contribution in [0.5, 0.6) is 0 Å². The standard InChI is InChI=1S/C19H10F6IN/c20-18(21,22)15-7-3-1-5-12(15)11-9-14(17(26)27-10-11)13-6-2-4-8-16(13)19(23,24)25/h1-10H. The zero-order valence-electron chi connectivity index (χ0n) is 13.4. The lowest BCUT2D eigenvalue weighted by Gasteiger charge is -2.16. The monoisotopic (exact) mass is 493 g/mol. The fourth-order valence-electron chi connectivity index (χ4n) is 2.73. The van der Waals surface area contributed by atoms with Gasteiger partial charge in [0.2, 0.25) is 0 Å². The molecular weight excluding hydrogens is 483 g/mol. The molecule has 0 spiro atoms. The number of alkyl halides is 6. The van der Waals surface area contributed by atoms with E-state index in [0.29, 0.717) is 0 Å². The Hall–Kier alpha value is -2.10. The predicted molar refractivity (Wildman–Crippen MR) is 97.8 cm³/mol. The van der Waals surface area contributed by atoms with Crippen LogP contribution >= 0.6 is 22.6 Å². The SMILES string of the molecule is FC(F)(F)c1ccccc1-c1cnc(I)c(-c2ccccc2C(F)(F)F)c1. The van der Waals surface area contributed by atoms with Crippen molar-refractivity contribution in [2.75, 3.05) is 0 Å². The normalized spacial score (nSPS) is 12.3. The van der Waals surface area contributed by atoms with E-state index in [1.165, 1.54) is 48.7 Å². The summed E-state index contributed by atoms with van der Waals surface area (Å²) in [5.74, 6) is 0. The Morgan fingerprint density at radius 1 is 0.667 bits per heavy atom. The van der Waals surface area contributed by atoms with E-state index in [-0.39, 0.29) is 26.0 Å². The smallest absolute Gasteiger partial charge is 0.249 e. The minimum atomic E-state index is -4.60. The highest BCUT2D eigenvalue weighted by Gasteiger charge is 2.35. The van der Waals surface area contributed by atoms with Crippen molar-refractivity contribution < 1.29 is 26.3 Å². The van der Waals surface area contributed by atoms with Crippen LogP contribution in [0.1, 0.15) is 11.1 Å². The predicted octanol–water partition coefficient (Wildman–Crippen LogP) is 7.06. The Balaban J connectivity index is 2.23. The van der Waals surface area contributed by atoms with Crippen molar-refractivity contribution in [2.45, 2.75) is 12.4 Å². The molecule has 1 nitrogen and oxygen atoms in total. The molecule has 0 amide bonds. The lowest BCUT2D eigenvalue weighted by Crippen LogP contribution is -2.08. The Morgan fingerprint density at radius 2 is 1.15 bits per heavy atom. The van der Waals surface area contributed by atoms with Gasteiger partial charge in [-0.1, -0.05) is 36.4 Å². The molecule has 0 saturated carbocycles. The van der Waals surface area contributed by atoms with Gasteiger partial charge in [0.1, 0.15) is 3.70 Å². The molecule has 0 aliphatic heterocycles. The van der Waals surface area contributed by atoms with Crippen molar-refractivity contribution in [3.8, 4) is 22.3 Å². The second kappa shape index (κ2) is 7.14. The zero-order valence-corrected chi connectivity index (χ0v) is 15.5. The van der Waals surface area contributed by atoms with Gasteiger partial charge in [0.05, 0.1) is 11.1 Å². The van der Waals surface area contributed by atoms with Crippen molar-refractivity contribution in [3.05, 3.63) is 75.6 Å². The summed E-state index contributed by atoms with van der Waals surface area (Å²) >= 11 is 1.77.